The van der Waals surface area contributed by atoms with Gasteiger partial charge in [0.2, 0.25) is 0 Å². The lowest BCUT2D eigenvalue weighted by molar-refractivity contribution is 0.121. The van der Waals surface area contributed by atoms with Crippen molar-refractivity contribution in [1.29, 1.82) is 0 Å². The molecule has 2 heterocycles. The van der Waals surface area contributed by atoms with E-state index in [-0.39, 0.29) is 30.4 Å². The molecule has 0 aliphatic carbocycles. The number of halogens is 2. The second kappa shape index (κ2) is 9.12. The summed E-state index contributed by atoms with van der Waals surface area (Å²) >= 11 is 6.19. The van der Waals surface area contributed by atoms with E-state index in [4.69, 9.17) is 16.3 Å². The second-order valence-electron chi connectivity index (χ2n) is 7.72. The van der Waals surface area contributed by atoms with Gasteiger partial charge in [0.05, 0.1) is 22.8 Å². The van der Waals surface area contributed by atoms with Crippen LogP contribution in [0.25, 0.3) is 27.4 Å². The summed E-state index contributed by atoms with van der Waals surface area (Å²) in [6.45, 7) is 7.85. The number of rotatable bonds is 4. The maximum absolute atomic E-state index is 13.0. The Balaban J connectivity index is 0.00000272. The van der Waals surface area contributed by atoms with Gasteiger partial charge >= 0.3 is 6.09 Å². The average Bonchev–Trinajstić information content (AvgIpc) is 3.06. The van der Waals surface area contributed by atoms with Gasteiger partial charge < -0.3 is 9.64 Å². The summed E-state index contributed by atoms with van der Waals surface area (Å²) < 4.78 is 7.60. The van der Waals surface area contributed by atoms with Gasteiger partial charge in [-0.3, -0.25) is 4.98 Å². The monoisotopic (exact) mass is 458 g/mol. The number of carbonyl (C=O) groups is 1. The summed E-state index contributed by atoms with van der Waals surface area (Å²) in [6.07, 6.45) is 3.00. The van der Waals surface area contributed by atoms with Crippen LogP contribution in [0.2, 0.25) is 5.02 Å². The molecular formula is C23H24Cl2N4O2. The number of aromatic nitrogens is 3. The molecule has 0 N–H and O–H groups in total. The highest BCUT2D eigenvalue weighted by Crippen LogP contribution is 2.35. The van der Waals surface area contributed by atoms with Gasteiger partial charge in [-0.1, -0.05) is 23.7 Å². The van der Waals surface area contributed by atoms with E-state index in [2.05, 4.69) is 10.1 Å². The van der Waals surface area contributed by atoms with E-state index in [1.54, 1.807) is 22.0 Å². The number of hydrogen-bond donors (Lipinski definition) is 0. The highest BCUT2D eigenvalue weighted by Gasteiger charge is 2.25. The Labute approximate surface area is 192 Å². The lowest BCUT2D eigenvalue weighted by Crippen LogP contribution is -2.43. The van der Waals surface area contributed by atoms with E-state index in [9.17, 15) is 4.79 Å². The van der Waals surface area contributed by atoms with Gasteiger partial charge in [-0.25, -0.2) is 9.48 Å². The summed E-state index contributed by atoms with van der Waals surface area (Å²) in [5.41, 5.74) is 1.60. The van der Waals surface area contributed by atoms with E-state index in [0.29, 0.717) is 5.02 Å². The molecule has 0 radical (unpaired) electrons. The first-order valence-electron chi connectivity index (χ1n) is 9.88. The number of fused-ring (bicyclic) bond motifs is 3. The molecule has 0 spiro atoms. The molecule has 0 saturated carbocycles. The van der Waals surface area contributed by atoms with E-state index >= 15 is 0 Å². The van der Waals surface area contributed by atoms with Crippen molar-refractivity contribution in [3.63, 3.8) is 0 Å². The van der Waals surface area contributed by atoms with Crippen molar-refractivity contribution >= 4 is 51.8 Å². The molecule has 0 unspecified atom stereocenters. The molecule has 31 heavy (non-hydrogen) atoms. The molecule has 0 fully saturated rings. The largest absolute Gasteiger partial charge is 0.417 e. The molecule has 0 bridgehead atoms. The number of pyridine rings is 1. The molecule has 4 rings (SSSR count). The van der Waals surface area contributed by atoms with Crippen molar-refractivity contribution in [3.05, 3.63) is 59.9 Å². The molecule has 4 aromatic rings. The lowest BCUT2D eigenvalue weighted by atomic mass is 10.1. The minimum Gasteiger partial charge on any atom is -0.389 e. The fourth-order valence-electron chi connectivity index (χ4n) is 3.79. The maximum Gasteiger partial charge on any atom is 0.417 e. The van der Waals surface area contributed by atoms with Crippen LogP contribution < -0.4 is 4.74 Å². The molecule has 8 heteroatoms. The molecule has 2 aromatic carbocycles. The van der Waals surface area contributed by atoms with Gasteiger partial charge in [0.15, 0.2) is 0 Å². The maximum atomic E-state index is 13.0. The molecule has 0 aliphatic rings. The Bertz CT molecular complexity index is 1210. The zero-order chi connectivity index (χ0) is 21.4. The van der Waals surface area contributed by atoms with E-state index in [0.717, 1.165) is 27.4 Å². The zero-order valence-corrected chi connectivity index (χ0v) is 19.3. The standard InChI is InChI=1S/C23H23ClN4O2.ClH/c1-14(2)27(15(3)4)23(29)30-22-21-19-9-8-17(24)12-16(19)7-10-20(21)28(26-22)18-6-5-11-25-13-18;/h5-15H,1-4H3;1H. The van der Waals surface area contributed by atoms with Crippen molar-refractivity contribution in [2.45, 2.75) is 39.8 Å². The molecule has 0 saturated heterocycles. The average molecular weight is 459 g/mol. The highest BCUT2D eigenvalue weighted by atomic mass is 35.5. The summed E-state index contributed by atoms with van der Waals surface area (Å²) in [5, 5.41) is 7.91. The lowest BCUT2D eigenvalue weighted by Gasteiger charge is -2.29. The van der Waals surface area contributed by atoms with Gasteiger partial charge in [0.25, 0.3) is 5.88 Å². The minimum absolute atomic E-state index is 0. The summed E-state index contributed by atoms with van der Waals surface area (Å²) in [6, 6.07) is 13.3. The first-order chi connectivity index (χ1) is 14.4. The Morgan fingerprint density at radius 1 is 1.10 bits per heavy atom. The summed E-state index contributed by atoms with van der Waals surface area (Å²) in [5.74, 6) is 0.262. The Morgan fingerprint density at radius 3 is 2.48 bits per heavy atom. The first-order valence-corrected chi connectivity index (χ1v) is 10.3. The third-order valence-corrected chi connectivity index (χ3v) is 5.23. The van der Waals surface area contributed by atoms with Gasteiger partial charge in [0.1, 0.15) is 0 Å². The molecular weight excluding hydrogens is 435 g/mol. The summed E-state index contributed by atoms with van der Waals surface area (Å²) in [4.78, 5) is 18.9. The van der Waals surface area contributed by atoms with Gasteiger partial charge in [-0.2, -0.15) is 0 Å². The second-order valence-corrected chi connectivity index (χ2v) is 8.15. The summed E-state index contributed by atoms with van der Waals surface area (Å²) in [7, 11) is 0. The van der Waals surface area contributed by atoms with Crippen LogP contribution in [0.1, 0.15) is 27.7 Å². The van der Waals surface area contributed by atoms with Gasteiger partial charge in [0, 0.05) is 23.3 Å². The molecule has 2 aromatic heterocycles. The molecule has 1 amide bonds. The topological polar surface area (TPSA) is 60.3 Å². The molecule has 162 valence electrons. The Morgan fingerprint density at radius 2 is 1.84 bits per heavy atom. The normalized spacial score (nSPS) is 11.2. The third-order valence-electron chi connectivity index (χ3n) is 4.99. The quantitative estimate of drug-likeness (QED) is 0.361. The van der Waals surface area contributed by atoms with Crippen LogP contribution in [-0.2, 0) is 0 Å². The van der Waals surface area contributed by atoms with Crippen LogP contribution in [-0.4, -0.2) is 37.8 Å². The van der Waals surface area contributed by atoms with Crippen LogP contribution in [0.15, 0.2) is 54.9 Å². The van der Waals surface area contributed by atoms with Crippen molar-refractivity contribution in [1.82, 2.24) is 19.7 Å². The van der Waals surface area contributed by atoms with Crippen molar-refractivity contribution < 1.29 is 9.53 Å². The van der Waals surface area contributed by atoms with Crippen molar-refractivity contribution in [2.24, 2.45) is 0 Å². The van der Waals surface area contributed by atoms with Crippen molar-refractivity contribution in [2.75, 3.05) is 0 Å². The van der Waals surface area contributed by atoms with Crippen LogP contribution >= 0.6 is 24.0 Å². The number of hydrogen-bond acceptors (Lipinski definition) is 4. The fraction of sp³-hybridized carbons (Fsp3) is 0.261. The predicted molar refractivity (Wildman–Crippen MR) is 127 cm³/mol. The zero-order valence-electron chi connectivity index (χ0n) is 17.7. The van der Waals surface area contributed by atoms with Gasteiger partial charge in [-0.05, 0) is 68.8 Å². The number of amides is 1. The Hall–Kier alpha value is -2.83. The van der Waals surface area contributed by atoms with Crippen LogP contribution in [0.4, 0.5) is 4.79 Å². The highest BCUT2D eigenvalue weighted by molar-refractivity contribution is 6.31. The molecule has 6 nitrogen and oxygen atoms in total. The number of carbonyl (C=O) groups excluding carboxylic acids is 1. The predicted octanol–water partition coefficient (Wildman–Crippen LogP) is 6.27. The number of benzene rings is 2. The van der Waals surface area contributed by atoms with Crippen LogP contribution in [0, 0.1) is 0 Å². The molecule has 0 aliphatic heterocycles. The van der Waals surface area contributed by atoms with E-state index in [1.165, 1.54) is 0 Å². The first kappa shape index (κ1) is 22.8. The minimum atomic E-state index is -0.427. The van der Waals surface area contributed by atoms with Gasteiger partial charge in [-0.15, -0.1) is 17.5 Å². The smallest absolute Gasteiger partial charge is 0.389 e. The number of ether oxygens (including phenoxy) is 1. The SMILES string of the molecule is CC(C)N(C(=O)Oc1nn(-c2cccnc2)c2ccc3cc(Cl)ccc3c12)C(C)C.Cl. The third kappa shape index (κ3) is 4.31. The van der Waals surface area contributed by atoms with Crippen LogP contribution in [0.5, 0.6) is 5.88 Å². The van der Waals surface area contributed by atoms with E-state index < -0.39 is 6.09 Å². The van der Waals surface area contributed by atoms with E-state index in [1.807, 2.05) is 70.2 Å². The number of nitrogens with zero attached hydrogens (tertiary/aromatic N) is 4. The Kier molecular flexibility index (Phi) is 6.72. The fourth-order valence-corrected chi connectivity index (χ4v) is 3.97. The molecule has 0 atom stereocenters. The van der Waals surface area contributed by atoms with Crippen molar-refractivity contribution in [3.8, 4) is 11.6 Å². The van der Waals surface area contributed by atoms with Crippen LogP contribution in [0.3, 0.4) is 0 Å².